The maximum absolute atomic E-state index is 12.5. The van der Waals surface area contributed by atoms with E-state index in [1.165, 1.54) is 19.3 Å². The molecule has 0 bridgehead atoms. The number of hydrogen-bond acceptors (Lipinski definition) is 3. The van der Waals surface area contributed by atoms with Gasteiger partial charge in [0, 0.05) is 12.6 Å². The molecule has 0 aromatic rings. The second kappa shape index (κ2) is 7.24. The SMILES string of the molecule is CCC(C(=O)N(CC)C1CCCCC1)C(N)=NO. The molecule has 0 aliphatic heterocycles. The smallest absolute Gasteiger partial charge is 0.233 e. The average molecular weight is 255 g/mol. The highest BCUT2D eigenvalue weighted by molar-refractivity contribution is 6.02. The zero-order valence-corrected chi connectivity index (χ0v) is 11.4. The molecule has 1 fully saturated rings. The van der Waals surface area contributed by atoms with Crippen molar-refractivity contribution in [1.82, 2.24) is 4.90 Å². The lowest BCUT2D eigenvalue weighted by atomic mass is 9.92. The van der Waals surface area contributed by atoms with E-state index in [1.54, 1.807) is 0 Å². The quantitative estimate of drug-likeness (QED) is 0.341. The largest absolute Gasteiger partial charge is 0.409 e. The molecule has 5 nitrogen and oxygen atoms in total. The van der Waals surface area contributed by atoms with Crippen molar-refractivity contribution in [3.05, 3.63) is 0 Å². The third-order valence-electron chi connectivity index (χ3n) is 3.82. The number of rotatable bonds is 5. The summed E-state index contributed by atoms with van der Waals surface area (Å²) in [7, 11) is 0. The maximum Gasteiger partial charge on any atom is 0.233 e. The van der Waals surface area contributed by atoms with Crippen LogP contribution in [0, 0.1) is 5.92 Å². The minimum atomic E-state index is -0.489. The van der Waals surface area contributed by atoms with Crippen LogP contribution in [0.3, 0.4) is 0 Å². The van der Waals surface area contributed by atoms with Crippen LogP contribution in [0.25, 0.3) is 0 Å². The molecular weight excluding hydrogens is 230 g/mol. The van der Waals surface area contributed by atoms with Gasteiger partial charge in [-0.05, 0) is 26.2 Å². The Kier molecular flexibility index (Phi) is 5.95. The summed E-state index contributed by atoms with van der Waals surface area (Å²) in [6.45, 7) is 4.57. The molecule has 0 heterocycles. The molecule has 1 aliphatic rings. The molecule has 104 valence electrons. The van der Waals surface area contributed by atoms with Crippen LogP contribution >= 0.6 is 0 Å². The topological polar surface area (TPSA) is 78.9 Å². The van der Waals surface area contributed by atoms with Crippen molar-refractivity contribution >= 4 is 11.7 Å². The summed E-state index contributed by atoms with van der Waals surface area (Å²) < 4.78 is 0. The van der Waals surface area contributed by atoms with Gasteiger partial charge in [-0.15, -0.1) is 0 Å². The predicted octanol–water partition coefficient (Wildman–Crippen LogP) is 1.94. The molecule has 1 atom stereocenters. The number of amides is 1. The molecule has 0 aromatic carbocycles. The van der Waals surface area contributed by atoms with E-state index in [-0.39, 0.29) is 11.7 Å². The number of carbonyl (C=O) groups excluding carboxylic acids is 1. The van der Waals surface area contributed by atoms with Crippen LogP contribution in [0.1, 0.15) is 52.4 Å². The summed E-state index contributed by atoms with van der Waals surface area (Å²) in [5.74, 6) is -0.462. The summed E-state index contributed by atoms with van der Waals surface area (Å²) in [6.07, 6.45) is 6.36. The van der Waals surface area contributed by atoms with Gasteiger partial charge in [-0.3, -0.25) is 4.79 Å². The lowest BCUT2D eigenvalue weighted by molar-refractivity contribution is -0.136. The molecular formula is C13H25N3O2. The first-order valence-corrected chi connectivity index (χ1v) is 6.93. The Morgan fingerprint density at radius 3 is 2.44 bits per heavy atom. The standard InChI is InChI=1S/C13H25N3O2/c1-3-11(12(14)15-18)13(17)16(4-2)10-8-6-5-7-9-10/h10-11,18H,3-9H2,1-2H3,(H2,14,15). The van der Waals surface area contributed by atoms with E-state index in [2.05, 4.69) is 5.16 Å². The van der Waals surface area contributed by atoms with Crippen molar-refractivity contribution in [3.63, 3.8) is 0 Å². The molecule has 1 amide bonds. The van der Waals surface area contributed by atoms with Gasteiger partial charge in [0.2, 0.25) is 5.91 Å². The molecule has 3 N–H and O–H groups in total. The summed E-state index contributed by atoms with van der Waals surface area (Å²) >= 11 is 0. The molecule has 1 rings (SSSR count). The van der Waals surface area contributed by atoms with Crippen LogP contribution < -0.4 is 5.73 Å². The Balaban J connectivity index is 2.76. The van der Waals surface area contributed by atoms with Gasteiger partial charge < -0.3 is 15.8 Å². The minimum absolute atomic E-state index is 0.00204. The van der Waals surface area contributed by atoms with Crippen molar-refractivity contribution in [2.45, 2.75) is 58.4 Å². The number of hydrogen-bond donors (Lipinski definition) is 2. The number of nitrogens with two attached hydrogens (primary N) is 1. The van der Waals surface area contributed by atoms with Crippen LogP contribution in [-0.2, 0) is 4.79 Å². The average Bonchev–Trinajstić information content (AvgIpc) is 2.41. The fraction of sp³-hybridized carbons (Fsp3) is 0.846. The van der Waals surface area contributed by atoms with Crippen molar-refractivity contribution in [2.24, 2.45) is 16.8 Å². The highest BCUT2D eigenvalue weighted by Crippen LogP contribution is 2.24. The molecule has 0 radical (unpaired) electrons. The number of oxime groups is 1. The second-order valence-corrected chi connectivity index (χ2v) is 4.90. The van der Waals surface area contributed by atoms with Crippen LogP contribution in [0.15, 0.2) is 5.16 Å². The lowest BCUT2D eigenvalue weighted by Crippen LogP contribution is -2.47. The number of nitrogens with zero attached hydrogens (tertiary/aromatic N) is 2. The fourth-order valence-corrected chi connectivity index (χ4v) is 2.77. The van der Waals surface area contributed by atoms with Gasteiger partial charge in [-0.2, -0.15) is 0 Å². The van der Waals surface area contributed by atoms with E-state index in [0.29, 0.717) is 19.0 Å². The van der Waals surface area contributed by atoms with E-state index in [1.807, 2.05) is 18.7 Å². The number of carbonyl (C=O) groups is 1. The zero-order chi connectivity index (χ0) is 13.5. The van der Waals surface area contributed by atoms with Gasteiger partial charge >= 0.3 is 0 Å². The highest BCUT2D eigenvalue weighted by Gasteiger charge is 2.30. The van der Waals surface area contributed by atoms with Gasteiger partial charge in [0.05, 0.1) is 5.92 Å². The predicted molar refractivity (Wildman–Crippen MR) is 71.4 cm³/mol. The van der Waals surface area contributed by atoms with E-state index < -0.39 is 5.92 Å². The Morgan fingerprint density at radius 2 is 2.00 bits per heavy atom. The highest BCUT2D eigenvalue weighted by atomic mass is 16.4. The van der Waals surface area contributed by atoms with Crippen molar-refractivity contribution < 1.29 is 10.0 Å². The van der Waals surface area contributed by atoms with E-state index >= 15 is 0 Å². The normalized spacial score (nSPS) is 19.6. The fourth-order valence-electron chi connectivity index (χ4n) is 2.77. The zero-order valence-electron chi connectivity index (χ0n) is 11.4. The molecule has 0 saturated heterocycles. The number of amidine groups is 1. The van der Waals surface area contributed by atoms with Crippen molar-refractivity contribution in [1.29, 1.82) is 0 Å². The summed E-state index contributed by atoms with van der Waals surface area (Å²) in [6, 6.07) is 0.330. The Morgan fingerprint density at radius 1 is 1.39 bits per heavy atom. The molecule has 0 spiro atoms. The van der Waals surface area contributed by atoms with Gasteiger partial charge in [-0.1, -0.05) is 31.3 Å². The molecule has 1 aliphatic carbocycles. The maximum atomic E-state index is 12.5. The van der Waals surface area contributed by atoms with Crippen molar-refractivity contribution in [2.75, 3.05) is 6.54 Å². The second-order valence-electron chi connectivity index (χ2n) is 4.90. The third kappa shape index (κ3) is 3.37. The van der Waals surface area contributed by atoms with Gasteiger partial charge in [0.15, 0.2) is 5.84 Å². The molecule has 18 heavy (non-hydrogen) atoms. The summed E-state index contributed by atoms with van der Waals surface area (Å²) in [5.41, 5.74) is 5.60. The van der Waals surface area contributed by atoms with Crippen molar-refractivity contribution in [3.8, 4) is 0 Å². The third-order valence-corrected chi connectivity index (χ3v) is 3.82. The minimum Gasteiger partial charge on any atom is -0.409 e. The Labute approximate surface area is 109 Å². The molecule has 1 saturated carbocycles. The van der Waals surface area contributed by atoms with E-state index in [4.69, 9.17) is 10.9 Å². The lowest BCUT2D eigenvalue weighted by Gasteiger charge is -2.35. The summed E-state index contributed by atoms with van der Waals surface area (Å²) in [5, 5.41) is 11.7. The Bertz CT molecular complexity index is 299. The summed E-state index contributed by atoms with van der Waals surface area (Å²) in [4.78, 5) is 14.4. The van der Waals surface area contributed by atoms with Crippen LogP contribution in [0.5, 0.6) is 0 Å². The van der Waals surface area contributed by atoms with Crippen LogP contribution in [-0.4, -0.2) is 34.4 Å². The monoisotopic (exact) mass is 255 g/mol. The van der Waals surface area contributed by atoms with E-state index in [9.17, 15) is 4.79 Å². The first kappa shape index (κ1) is 14.8. The molecule has 5 heteroatoms. The van der Waals surface area contributed by atoms with Crippen LogP contribution in [0.4, 0.5) is 0 Å². The first-order chi connectivity index (χ1) is 8.65. The van der Waals surface area contributed by atoms with Gasteiger partial charge in [0.1, 0.15) is 0 Å². The molecule has 1 unspecified atom stereocenters. The van der Waals surface area contributed by atoms with Gasteiger partial charge in [0.25, 0.3) is 0 Å². The Hall–Kier alpha value is -1.26. The van der Waals surface area contributed by atoms with Crippen LogP contribution in [0.2, 0.25) is 0 Å². The van der Waals surface area contributed by atoms with E-state index in [0.717, 1.165) is 12.8 Å². The van der Waals surface area contributed by atoms with Gasteiger partial charge in [-0.25, -0.2) is 0 Å². The first-order valence-electron chi connectivity index (χ1n) is 6.93. The molecule has 0 aromatic heterocycles.